The van der Waals surface area contributed by atoms with Crippen LogP contribution in [0.2, 0.25) is 0 Å². The van der Waals surface area contributed by atoms with Crippen LogP contribution in [-0.4, -0.2) is 26.2 Å². The summed E-state index contributed by atoms with van der Waals surface area (Å²) in [5, 5.41) is 2.93. The van der Waals surface area contributed by atoms with Gasteiger partial charge in [-0.1, -0.05) is 25.1 Å². The Morgan fingerprint density at radius 2 is 1.73 bits per heavy atom. The zero-order valence-corrected chi connectivity index (χ0v) is 16.1. The fraction of sp³-hybridized carbons (Fsp3) is 0.381. The second-order valence-corrected chi connectivity index (χ2v) is 6.19. The largest absolute Gasteiger partial charge is 0.493 e. The molecule has 1 N–H and O–H groups in total. The molecule has 0 spiro atoms. The van der Waals surface area contributed by atoms with Gasteiger partial charge in [-0.25, -0.2) is 0 Å². The SMILES string of the molecule is CCC(Oc1cc(C)ccc1C)C(=O)NCc1ccc(OC)c(OC)c1. The van der Waals surface area contributed by atoms with Crippen LogP contribution in [-0.2, 0) is 11.3 Å². The molecule has 5 heteroatoms. The predicted octanol–water partition coefficient (Wildman–Crippen LogP) is 3.79. The molecule has 0 heterocycles. The smallest absolute Gasteiger partial charge is 0.261 e. The lowest BCUT2D eigenvalue weighted by atomic mass is 10.1. The molecule has 0 aliphatic heterocycles. The Hall–Kier alpha value is -2.69. The molecule has 26 heavy (non-hydrogen) atoms. The van der Waals surface area contributed by atoms with E-state index in [0.717, 1.165) is 22.4 Å². The maximum Gasteiger partial charge on any atom is 0.261 e. The molecule has 5 nitrogen and oxygen atoms in total. The maximum absolute atomic E-state index is 12.5. The van der Waals surface area contributed by atoms with Crippen LogP contribution < -0.4 is 19.5 Å². The number of hydrogen-bond donors (Lipinski definition) is 1. The molecular weight excluding hydrogens is 330 g/mol. The molecular formula is C21H27NO4. The second kappa shape index (κ2) is 9.13. The molecule has 0 fully saturated rings. The Kier molecular flexibility index (Phi) is 6.89. The molecule has 0 radical (unpaired) electrons. The monoisotopic (exact) mass is 357 g/mol. The van der Waals surface area contributed by atoms with Gasteiger partial charge in [0.2, 0.25) is 0 Å². The second-order valence-electron chi connectivity index (χ2n) is 6.19. The number of nitrogens with one attached hydrogen (secondary N) is 1. The number of carbonyl (C=O) groups excluding carboxylic acids is 1. The van der Waals surface area contributed by atoms with E-state index >= 15 is 0 Å². The third kappa shape index (κ3) is 4.91. The Morgan fingerprint density at radius 1 is 1.00 bits per heavy atom. The lowest BCUT2D eigenvalue weighted by molar-refractivity contribution is -0.128. The first-order chi connectivity index (χ1) is 12.5. The number of rotatable bonds is 8. The van der Waals surface area contributed by atoms with Gasteiger partial charge in [0.1, 0.15) is 5.75 Å². The third-order valence-electron chi connectivity index (χ3n) is 4.19. The van der Waals surface area contributed by atoms with Crippen molar-refractivity contribution in [3.63, 3.8) is 0 Å². The van der Waals surface area contributed by atoms with E-state index < -0.39 is 6.10 Å². The van der Waals surface area contributed by atoms with Gasteiger partial charge >= 0.3 is 0 Å². The number of hydrogen-bond acceptors (Lipinski definition) is 4. The molecule has 0 bridgehead atoms. The van der Waals surface area contributed by atoms with Crippen molar-refractivity contribution in [2.75, 3.05) is 14.2 Å². The quantitative estimate of drug-likeness (QED) is 0.781. The van der Waals surface area contributed by atoms with Crippen molar-refractivity contribution in [3.8, 4) is 17.2 Å². The standard InChI is InChI=1S/C21H27NO4/c1-6-17(26-19-11-14(2)7-8-15(19)3)21(23)22-13-16-9-10-18(24-4)20(12-16)25-5/h7-12,17H,6,13H2,1-5H3,(H,22,23). The molecule has 2 aromatic carbocycles. The van der Waals surface area contributed by atoms with E-state index in [1.54, 1.807) is 14.2 Å². The fourth-order valence-electron chi connectivity index (χ4n) is 2.60. The highest BCUT2D eigenvalue weighted by Crippen LogP contribution is 2.27. The Morgan fingerprint density at radius 3 is 2.38 bits per heavy atom. The summed E-state index contributed by atoms with van der Waals surface area (Å²) in [4.78, 5) is 12.5. The van der Waals surface area contributed by atoms with Gasteiger partial charge in [0, 0.05) is 6.54 Å². The summed E-state index contributed by atoms with van der Waals surface area (Å²) in [7, 11) is 3.18. The van der Waals surface area contributed by atoms with Gasteiger partial charge in [-0.15, -0.1) is 0 Å². The topological polar surface area (TPSA) is 56.8 Å². The Balaban J connectivity index is 2.02. The van der Waals surface area contributed by atoms with Crippen molar-refractivity contribution in [1.29, 1.82) is 0 Å². The first-order valence-electron chi connectivity index (χ1n) is 8.71. The molecule has 0 aromatic heterocycles. The van der Waals surface area contributed by atoms with Crippen molar-refractivity contribution < 1.29 is 19.0 Å². The Labute approximate surface area is 155 Å². The van der Waals surface area contributed by atoms with Crippen LogP contribution in [0.25, 0.3) is 0 Å². The summed E-state index contributed by atoms with van der Waals surface area (Å²) < 4.78 is 16.5. The summed E-state index contributed by atoms with van der Waals surface area (Å²) >= 11 is 0. The summed E-state index contributed by atoms with van der Waals surface area (Å²) in [6.07, 6.45) is 0.0566. The molecule has 0 saturated carbocycles. The van der Waals surface area contributed by atoms with E-state index in [4.69, 9.17) is 14.2 Å². The minimum atomic E-state index is -0.532. The van der Waals surface area contributed by atoms with Gasteiger partial charge in [0.25, 0.3) is 5.91 Å². The van der Waals surface area contributed by atoms with Crippen LogP contribution in [0, 0.1) is 13.8 Å². The number of amides is 1. The highest BCUT2D eigenvalue weighted by atomic mass is 16.5. The van der Waals surface area contributed by atoms with Crippen molar-refractivity contribution in [2.45, 2.75) is 39.8 Å². The van der Waals surface area contributed by atoms with Gasteiger partial charge in [-0.3, -0.25) is 4.79 Å². The third-order valence-corrected chi connectivity index (χ3v) is 4.19. The van der Waals surface area contributed by atoms with E-state index in [1.807, 2.05) is 57.2 Å². The zero-order valence-electron chi connectivity index (χ0n) is 16.1. The molecule has 1 amide bonds. The minimum absolute atomic E-state index is 0.136. The maximum atomic E-state index is 12.5. The van der Waals surface area contributed by atoms with Gasteiger partial charge in [-0.2, -0.15) is 0 Å². The average molecular weight is 357 g/mol. The molecule has 2 rings (SSSR count). The average Bonchev–Trinajstić information content (AvgIpc) is 2.66. The summed E-state index contributed by atoms with van der Waals surface area (Å²) in [6, 6.07) is 11.6. The van der Waals surface area contributed by atoms with Crippen molar-refractivity contribution in [3.05, 3.63) is 53.1 Å². The van der Waals surface area contributed by atoms with Crippen molar-refractivity contribution >= 4 is 5.91 Å². The number of benzene rings is 2. The molecule has 0 aliphatic carbocycles. The van der Waals surface area contributed by atoms with E-state index in [9.17, 15) is 4.79 Å². The Bertz CT molecular complexity index is 758. The summed E-state index contributed by atoms with van der Waals surface area (Å²) in [6.45, 7) is 6.31. The number of carbonyl (C=O) groups is 1. The van der Waals surface area contributed by atoms with E-state index in [1.165, 1.54) is 0 Å². The van der Waals surface area contributed by atoms with Crippen LogP contribution in [0.4, 0.5) is 0 Å². The zero-order chi connectivity index (χ0) is 19.1. The number of aryl methyl sites for hydroxylation is 2. The molecule has 0 saturated heterocycles. The van der Waals surface area contributed by atoms with Crippen LogP contribution in [0.15, 0.2) is 36.4 Å². The van der Waals surface area contributed by atoms with Crippen LogP contribution >= 0.6 is 0 Å². The van der Waals surface area contributed by atoms with E-state index in [2.05, 4.69) is 5.32 Å². The first kappa shape index (κ1) is 19.6. The minimum Gasteiger partial charge on any atom is -0.493 e. The van der Waals surface area contributed by atoms with Gasteiger partial charge in [0.15, 0.2) is 17.6 Å². The van der Waals surface area contributed by atoms with E-state index in [0.29, 0.717) is 24.5 Å². The fourth-order valence-corrected chi connectivity index (χ4v) is 2.60. The predicted molar refractivity (Wildman–Crippen MR) is 102 cm³/mol. The van der Waals surface area contributed by atoms with Crippen LogP contribution in [0.5, 0.6) is 17.2 Å². The van der Waals surface area contributed by atoms with Crippen molar-refractivity contribution in [2.24, 2.45) is 0 Å². The van der Waals surface area contributed by atoms with Crippen molar-refractivity contribution in [1.82, 2.24) is 5.32 Å². The molecule has 140 valence electrons. The normalized spacial score (nSPS) is 11.6. The van der Waals surface area contributed by atoms with Crippen LogP contribution in [0.1, 0.15) is 30.0 Å². The number of methoxy groups -OCH3 is 2. The molecule has 1 atom stereocenters. The highest BCUT2D eigenvalue weighted by molar-refractivity contribution is 5.81. The molecule has 2 aromatic rings. The molecule has 0 aliphatic rings. The summed E-state index contributed by atoms with van der Waals surface area (Å²) in [5.41, 5.74) is 3.05. The highest BCUT2D eigenvalue weighted by Gasteiger charge is 2.19. The van der Waals surface area contributed by atoms with Gasteiger partial charge in [0.05, 0.1) is 14.2 Å². The first-order valence-corrected chi connectivity index (χ1v) is 8.71. The lowest BCUT2D eigenvalue weighted by Gasteiger charge is -2.19. The van der Waals surface area contributed by atoms with E-state index in [-0.39, 0.29) is 5.91 Å². The van der Waals surface area contributed by atoms with Gasteiger partial charge < -0.3 is 19.5 Å². The van der Waals surface area contributed by atoms with Gasteiger partial charge in [-0.05, 0) is 55.2 Å². The number of ether oxygens (including phenoxy) is 3. The summed E-state index contributed by atoms with van der Waals surface area (Å²) in [5.74, 6) is 1.91. The van der Waals surface area contributed by atoms with Crippen LogP contribution in [0.3, 0.4) is 0 Å². The molecule has 1 unspecified atom stereocenters. The lowest BCUT2D eigenvalue weighted by Crippen LogP contribution is -2.37.